The number of benzene rings is 1. The summed E-state index contributed by atoms with van der Waals surface area (Å²) in [7, 11) is -3.29. The minimum Gasteiger partial charge on any atom is -0.320 e. The lowest BCUT2D eigenvalue weighted by Crippen LogP contribution is -2.20. The molecule has 0 spiro atoms. The Hall–Kier alpha value is -1.51. The van der Waals surface area contributed by atoms with E-state index < -0.39 is 10.0 Å². The molecule has 0 aliphatic carbocycles. The zero-order chi connectivity index (χ0) is 14.5. The summed E-state index contributed by atoms with van der Waals surface area (Å²) in [5, 5.41) is 0. The van der Waals surface area contributed by atoms with Gasteiger partial charge in [0.05, 0.1) is 18.0 Å². The van der Waals surface area contributed by atoms with E-state index in [-0.39, 0.29) is 11.7 Å². The van der Waals surface area contributed by atoms with Gasteiger partial charge in [-0.05, 0) is 36.6 Å². The number of rotatable bonds is 4. The van der Waals surface area contributed by atoms with Crippen molar-refractivity contribution < 1.29 is 8.42 Å². The molecular formula is C14H20N2O2S. The highest BCUT2D eigenvalue weighted by Crippen LogP contribution is 2.18. The molecule has 5 heteroatoms. The summed E-state index contributed by atoms with van der Waals surface area (Å²) in [6, 6.07) is 5.35. The Morgan fingerprint density at radius 3 is 2.58 bits per heavy atom. The van der Waals surface area contributed by atoms with Crippen LogP contribution in [0.4, 0.5) is 5.69 Å². The van der Waals surface area contributed by atoms with Crippen LogP contribution in [-0.2, 0) is 10.0 Å². The van der Waals surface area contributed by atoms with Crippen molar-refractivity contribution in [1.82, 2.24) is 0 Å². The summed E-state index contributed by atoms with van der Waals surface area (Å²) in [4.78, 5) is 0. The molecule has 0 saturated heterocycles. The molecule has 19 heavy (non-hydrogen) atoms. The maximum absolute atomic E-state index is 11.9. The molecular weight excluding hydrogens is 260 g/mol. The van der Waals surface area contributed by atoms with Crippen LogP contribution < -0.4 is 10.5 Å². The van der Waals surface area contributed by atoms with E-state index in [0.29, 0.717) is 12.2 Å². The van der Waals surface area contributed by atoms with Gasteiger partial charge in [-0.1, -0.05) is 25.7 Å². The molecule has 0 amide bonds. The van der Waals surface area contributed by atoms with Gasteiger partial charge in [-0.25, -0.2) is 8.42 Å². The van der Waals surface area contributed by atoms with Gasteiger partial charge < -0.3 is 5.73 Å². The summed E-state index contributed by atoms with van der Waals surface area (Å²) < 4.78 is 26.3. The minimum absolute atomic E-state index is 0.0903. The number of hydrogen-bond acceptors (Lipinski definition) is 3. The summed E-state index contributed by atoms with van der Waals surface area (Å²) >= 11 is 0. The molecule has 3 N–H and O–H groups in total. The van der Waals surface area contributed by atoms with E-state index in [2.05, 4.69) is 16.6 Å². The highest BCUT2D eigenvalue weighted by Gasteiger charge is 2.13. The third-order valence-corrected chi connectivity index (χ3v) is 4.02. The highest BCUT2D eigenvalue weighted by molar-refractivity contribution is 7.92. The molecule has 0 saturated carbocycles. The predicted molar refractivity (Wildman–Crippen MR) is 79.4 cm³/mol. The Labute approximate surface area is 115 Å². The Kier molecular flexibility index (Phi) is 5.40. The van der Waals surface area contributed by atoms with Crippen molar-refractivity contribution in [3.63, 3.8) is 0 Å². The minimum atomic E-state index is -3.29. The highest BCUT2D eigenvalue weighted by atomic mass is 32.2. The van der Waals surface area contributed by atoms with Crippen LogP contribution in [-0.4, -0.2) is 20.7 Å². The first-order chi connectivity index (χ1) is 8.84. The average Bonchev–Trinajstić information content (AvgIpc) is 2.27. The van der Waals surface area contributed by atoms with E-state index in [4.69, 9.17) is 5.73 Å². The molecule has 0 fully saturated rings. The van der Waals surface area contributed by atoms with Crippen molar-refractivity contribution in [3.05, 3.63) is 29.3 Å². The van der Waals surface area contributed by atoms with Gasteiger partial charge in [-0.3, -0.25) is 4.72 Å². The van der Waals surface area contributed by atoms with Crippen LogP contribution in [0.5, 0.6) is 0 Å². The van der Waals surface area contributed by atoms with Crippen molar-refractivity contribution >= 4 is 15.7 Å². The zero-order valence-electron chi connectivity index (χ0n) is 11.5. The molecule has 4 nitrogen and oxygen atoms in total. The van der Waals surface area contributed by atoms with Crippen LogP contribution in [0.2, 0.25) is 0 Å². The van der Waals surface area contributed by atoms with Gasteiger partial charge in [0.15, 0.2) is 0 Å². The van der Waals surface area contributed by atoms with E-state index in [1.807, 2.05) is 26.8 Å². The first-order valence-corrected chi connectivity index (χ1v) is 7.79. The Morgan fingerprint density at radius 1 is 1.37 bits per heavy atom. The maximum atomic E-state index is 11.9. The predicted octanol–water partition coefficient (Wildman–Crippen LogP) is 1.70. The standard InChI is InChI=1S/C14H20N2O2S/c1-11(2)10-19(17,18)16-14-7-6-13(5-4-8-15)9-12(14)3/h6-7,9,11,16H,8,10,15H2,1-3H3. The van der Waals surface area contributed by atoms with Crippen LogP contribution >= 0.6 is 0 Å². The molecule has 0 bridgehead atoms. The molecule has 1 aromatic carbocycles. The molecule has 0 unspecified atom stereocenters. The fourth-order valence-electron chi connectivity index (χ4n) is 1.66. The fraction of sp³-hybridized carbons (Fsp3) is 0.429. The van der Waals surface area contributed by atoms with Crippen molar-refractivity contribution in [2.24, 2.45) is 11.7 Å². The van der Waals surface area contributed by atoms with Crippen molar-refractivity contribution in [3.8, 4) is 11.8 Å². The van der Waals surface area contributed by atoms with Crippen LogP contribution in [0.3, 0.4) is 0 Å². The second-order valence-electron chi connectivity index (χ2n) is 4.81. The van der Waals surface area contributed by atoms with Crippen molar-refractivity contribution in [2.75, 3.05) is 17.0 Å². The van der Waals surface area contributed by atoms with Gasteiger partial charge in [0.1, 0.15) is 0 Å². The number of hydrogen-bond donors (Lipinski definition) is 2. The molecule has 0 radical (unpaired) electrons. The Bertz CT molecular complexity index is 596. The second-order valence-corrected chi connectivity index (χ2v) is 6.58. The monoisotopic (exact) mass is 280 g/mol. The van der Waals surface area contributed by atoms with Gasteiger partial charge in [0.2, 0.25) is 10.0 Å². The van der Waals surface area contributed by atoms with Crippen LogP contribution in [0, 0.1) is 24.7 Å². The van der Waals surface area contributed by atoms with Crippen LogP contribution in [0.15, 0.2) is 18.2 Å². The lowest BCUT2D eigenvalue weighted by atomic mass is 10.1. The third-order valence-electron chi connectivity index (χ3n) is 2.38. The summed E-state index contributed by atoms with van der Waals surface area (Å²) in [6.45, 7) is 5.90. The fourth-order valence-corrected chi connectivity index (χ4v) is 3.18. The smallest absolute Gasteiger partial charge is 0.232 e. The largest absolute Gasteiger partial charge is 0.320 e. The van der Waals surface area contributed by atoms with E-state index in [1.54, 1.807) is 12.1 Å². The number of sulfonamides is 1. The Balaban J connectivity index is 2.92. The van der Waals surface area contributed by atoms with Gasteiger partial charge in [-0.15, -0.1) is 0 Å². The SMILES string of the molecule is Cc1cc(C#CCN)ccc1NS(=O)(=O)CC(C)C. The second kappa shape index (κ2) is 6.60. The zero-order valence-corrected chi connectivity index (χ0v) is 12.3. The van der Waals surface area contributed by atoms with Gasteiger partial charge in [-0.2, -0.15) is 0 Å². The molecule has 0 aliphatic heterocycles. The van der Waals surface area contributed by atoms with E-state index >= 15 is 0 Å². The first kappa shape index (κ1) is 15.5. The van der Waals surface area contributed by atoms with E-state index in [0.717, 1.165) is 11.1 Å². The molecule has 104 valence electrons. The number of aryl methyl sites for hydroxylation is 1. The topological polar surface area (TPSA) is 72.2 Å². The Morgan fingerprint density at radius 2 is 2.05 bits per heavy atom. The molecule has 1 rings (SSSR count). The van der Waals surface area contributed by atoms with Crippen LogP contribution in [0.1, 0.15) is 25.0 Å². The van der Waals surface area contributed by atoms with Gasteiger partial charge in [0, 0.05) is 5.56 Å². The van der Waals surface area contributed by atoms with E-state index in [9.17, 15) is 8.42 Å². The summed E-state index contributed by atoms with van der Waals surface area (Å²) in [5.41, 5.74) is 7.58. The van der Waals surface area contributed by atoms with Gasteiger partial charge >= 0.3 is 0 Å². The van der Waals surface area contributed by atoms with Gasteiger partial charge in [0.25, 0.3) is 0 Å². The van der Waals surface area contributed by atoms with Crippen molar-refractivity contribution in [1.29, 1.82) is 0 Å². The average molecular weight is 280 g/mol. The summed E-state index contributed by atoms with van der Waals surface area (Å²) in [6.07, 6.45) is 0. The molecule has 0 atom stereocenters. The lowest BCUT2D eigenvalue weighted by Gasteiger charge is -2.12. The van der Waals surface area contributed by atoms with Crippen molar-refractivity contribution in [2.45, 2.75) is 20.8 Å². The molecule has 1 aromatic rings. The third kappa shape index (κ3) is 5.33. The molecule has 0 heterocycles. The van der Waals surface area contributed by atoms with Crippen LogP contribution in [0.25, 0.3) is 0 Å². The quantitative estimate of drug-likeness (QED) is 0.825. The number of nitrogens with two attached hydrogens (primary N) is 1. The van der Waals surface area contributed by atoms with E-state index in [1.165, 1.54) is 0 Å². The first-order valence-electron chi connectivity index (χ1n) is 6.14. The number of anilines is 1. The maximum Gasteiger partial charge on any atom is 0.232 e. The molecule has 0 aromatic heterocycles. The molecule has 0 aliphatic rings. The normalized spacial score (nSPS) is 11.0. The lowest BCUT2D eigenvalue weighted by molar-refractivity contribution is 0.587. The summed E-state index contributed by atoms with van der Waals surface area (Å²) in [5.74, 6) is 5.88. The number of nitrogens with one attached hydrogen (secondary N) is 1.